The van der Waals surface area contributed by atoms with Gasteiger partial charge >= 0.3 is 11.9 Å². The van der Waals surface area contributed by atoms with Gasteiger partial charge in [-0.1, -0.05) is 30.3 Å². The van der Waals surface area contributed by atoms with Gasteiger partial charge in [0.2, 0.25) is 0 Å². The molecular formula is C23H22N2O5. The average Bonchev–Trinajstić information content (AvgIpc) is 3.55. The predicted molar refractivity (Wildman–Crippen MR) is 110 cm³/mol. The van der Waals surface area contributed by atoms with Crippen LogP contribution in [0.1, 0.15) is 33.7 Å². The van der Waals surface area contributed by atoms with Gasteiger partial charge in [0, 0.05) is 5.56 Å². The highest BCUT2D eigenvalue weighted by molar-refractivity contribution is 6.07. The number of methoxy groups -OCH3 is 2. The minimum absolute atomic E-state index is 0.00236. The van der Waals surface area contributed by atoms with Gasteiger partial charge in [0.15, 0.2) is 5.69 Å². The molecule has 0 unspecified atom stereocenters. The van der Waals surface area contributed by atoms with Crippen molar-refractivity contribution in [2.75, 3.05) is 20.8 Å². The minimum Gasteiger partial charge on any atom is -0.493 e. The van der Waals surface area contributed by atoms with Crippen LogP contribution in [-0.4, -0.2) is 42.5 Å². The smallest absolute Gasteiger partial charge is 0.357 e. The predicted octanol–water partition coefficient (Wildman–Crippen LogP) is 3.90. The molecule has 7 nitrogen and oxygen atoms in total. The molecule has 1 aromatic heterocycles. The third kappa shape index (κ3) is 3.78. The topological polar surface area (TPSA) is 79.7 Å². The van der Waals surface area contributed by atoms with Crippen molar-refractivity contribution in [2.45, 2.75) is 12.8 Å². The third-order valence-corrected chi connectivity index (χ3v) is 4.97. The fraction of sp³-hybridized carbons (Fsp3) is 0.261. The first kappa shape index (κ1) is 19.7. The fourth-order valence-electron chi connectivity index (χ4n) is 3.22. The number of para-hydroxylation sites is 2. The first-order valence-corrected chi connectivity index (χ1v) is 9.71. The molecule has 3 aromatic rings. The standard InChI is InChI=1S/C23H22N2O5/c1-28-22(26)19-20(17-10-6-7-11-18(17)30-14-15-12-13-15)24-25(21(19)23(27)29-2)16-8-4-3-5-9-16/h3-11,15H,12-14H2,1-2H3. The molecule has 0 spiro atoms. The average molecular weight is 406 g/mol. The number of benzene rings is 2. The van der Waals surface area contributed by atoms with Gasteiger partial charge in [-0.15, -0.1) is 0 Å². The molecule has 1 fully saturated rings. The van der Waals surface area contributed by atoms with Crippen molar-refractivity contribution in [1.82, 2.24) is 9.78 Å². The van der Waals surface area contributed by atoms with Gasteiger partial charge in [0.25, 0.3) is 0 Å². The highest BCUT2D eigenvalue weighted by atomic mass is 16.5. The van der Waals surface area contributed by atoms with Crippen LogP contribution in [0.2, 0.25) is 0 Å². The van der Waals surface area contributed by atoms with Gasteiger partial charge in [-0.05, 0) is 43.0 Å². The van der Waals surface area contributed by atoms with E-state index in [0.29, 0.717) is 35.2 Å². The van der Waals surface area contributed by atoms with Crippen molar-refractivity contribution in [3.63, 3.8) is 0 Å². The summed E-state index contributed by atoms with van der Waals surface area (Å²) < 4.78 is 17.4. The van der Waals surface area contributed by atoms with Crippen molar-refractivity contribution in [3.05, 3.63) is 65.9 Å². The molecular weight excluding hydrogens is 384 g/mol. The Morgan fingerprint density at radius 1 is 0.967 bits per heavy atom. The van der Waals surface area contributed by atoms with Crippen LogP contribution in [0.3, 0.4) is 0 Å². The van der Waals surface area contributed by atoms with E-state index in [0.717, 1.165) is 12.8 Å². The Morgan fingerprint density at radius 2 is 1.63 bits per heavy atom. The normalized spacial score (nSPS) is 13.0. The number of esters is 2. The number of rotatable bonds is 7. The van der Waals surface area contributed by atoms with Crippen LogP contribution >= 0.6 is 0 Å². The number of aromatic nitrogens is 2. The quantitative estimate of drug-likeness (QED) is 0.554. The molecule has 30 heavy (non-hydrogen) atoms. The van der Waals surface area contributed by atoms with E-state index in [1.165, 1.54) is 18.9 Å². The molecule has 1 aliphatic rings. The lowest BCUT2D eigenvalue weighted by atomic mass is 10.0. The number of carbonyl (C=O) groups excluding carboxylic acids is 2. The monoisotopic (exact) mass is 406 g/mol. The second-order valence-corrected chi connectivity index (χ2v) is 7.05. The van der Waals surface area contributed by atoms with Crippen LogP contribution in [0.15, 0.2) is 54.6 Å². The van der Waals surface area contributed by atoms with Crippen LogP contribution in [0.25, 0.3) is 16.9 Å². The molecule has 0 bridgehead atoms. The number of ether oxygens (including phenoxy) is 3. The lowest BCUT2D eigenvalue weighted by Gasteiger charge is -2.10. The largest absolute Gasteiger partial charge is 0.493 e. The summed E-state index contributed by atoms with van der Waals surface area (Å²) in [6.45, 7) is 0.605. The zero-order valence-corrected chi connectivity index (χ0v) is 16.8. The van der Waals surface area contributed by atoms with Gasteiger partial charge in [-0.2, -0.15) is 5.10 Å². The van der Waals surface area contributed by atoms with Crippen LogP contribution in [0.4, 0.5) is 0 Å². The highest BCUT2D eigenvalue weighted by Gasteiger charge is 2.32. The first-order chi connectivity index (χ1) is 14.6. The van der Waals surface area contributed by atoms with Crippen LogP contribution in [0, 0.1) is 5.92 Å². The molecule has 1 heterocycles. The summed E-state index contributed by atoms with van der Waals surface area (Å²) in [5.41, 5.74) is 1.57. The van der Waals surface area contributed by atoms with Gasteiger partial charge in [0.05, 0.1) is 26.5 Å². The fourth-order valence-corrected chi connectivity index (χ4v) is 3.22. The summed E-state index contributed by atoms with van der Waals surface area (Å²) in [6, 6.07) is 16.4. The van der Waals surface area contributed by atoms with E-state index in [9.17, 15) is 9.59 Å². The molecule has 0 aliphatic heterocycles. The van der Waals surface area contributed by atoms with Crippen LogP contribution in [0.5, 0.6) is 5.75 Å². The van der Waals surface area contributed by atoms with Crippen molar-refractivity contribution in [2.24, 2.45) is 5.92 Å². The van der Waals surface area contributed by atoms with E-state index < -0.39 is 11.9 Å². The van der Waals surface area contributed by atoms with E-state index in [1.807, 2.05) is 42.5 Å². The Bertz CT molecular complexity index is 1070. The van der Waals surface area contributed by atoms with E-state index in [1.54, 1.807) is 12.1 Å². The summed E-state index contributed by atoms with van der Waals surface area (Å²) in [6.07, 6.45) is 2.31. The van der Waals surface area contributed by atoms with Gasteiger partial charge in [0.1, 0.15) is 17.0 Å². The maximum absolute atomic E-state index is 12.8. The lowest BCUT2D eigenvalue weighted by molar-refractivity contribution is 0.0549. The van der Waals surface area contributed by atoms with Gasteiger partial charge in [-0.3, -0.25) is 0 Å². The number of carbonyl (C=O) groups is 2. The Labute approximate surface area is 174 Å². The molecule has 0 atom stereocenters. The van der Waals surface area contributed by atoms with E-state index in [2.05, 4.69) is 5.10 Å². The summed E-state index contributed by atoms with van der Waals surface area (Å²) >= 11 is 0. The van der Waals surface area contributed by atoms with Crippen molar-refractivity contribution >= 4 is 11.9 Å². The molecule has 0 saturated heterocycles. The Morgan fingerprint density at radius 3 is 2.30 bits per heavy atom. The lowest BCUT2D eigenvalue weighted by Crippen LogP contribution is -2.15. The number of hydrogen-bond acceptors (Lipinski definition) is 6. The molecule has 1 aliphatic carbocycles. The maximum Gasteiger partial charge on any atom is 0.357 e. The van der Waals surface area contributed by atoms with Crippen molar-refractivity contribution < 1.29 is 23.8 Å². The van der Waals surface area contributed by atoms with E-state index >= 15 is 0 Å². The molecule has 0 radical (unpaired) electrons. The summed E-state index contributed by atoms with van der Waals surface area (Å²) in [4.78, 5) is 25.4. The maximum atomic E-state index is 12.8. The zero-order chi connectivity index (χ0) is 21.1. The summed E-state index contributed by atoms with van der Waals surface area (Å²) in [5, 5.41) is 4.63. The van der Waals surface area contributed by atoms with E-state index in [-0.39, 0.29) is 11.3 Å². The van der Waals surface area contributed by atoms with Crippen LogP contribution in [-0.2, 0) is 9.47 Å². The molecule has 1 saturated carbocycles. The molecule has 4 rings (SSSR count). The van der Waals surface area contributed by atoms with Crippen LogP contribution < -0.4 is 4.74 Å². The van der Waals surface area contributed by atoms with Gasteiger partial charge < -0.3 is 14.2 Å². The van der Waals surface area contributed by atoms with Gasteiger partial charge in [-0.25, -0.2) is 14.3 Å². The Balaban J connectivity index is 1.93. The third-order valence-electron chi connectivity index (χ3n) is 4.97. The second kappa shape index (κ2) is 8.41. The highest BCUT2D eigenvalue weighted by Crippen LogP contribution is 2.36. The molecule has 0 N–H and O–H groups in total. The Kier molecular flexibility index (Phi) is 5.52. The summed E-state index contributed by atoms with van der Waals surface area (Å²) in [5.74, 6) is -0.201. The zero-order valence-electron chi connectivity index (χ0n) is 16.8. The van der Waals surface area contributed by atoms with Crippen molar-refractivity contribution in [3.8, 4) is 22.7 Å². The minimum atomic E-state index is -0.686. The molecule has 2 aromatic carbocycles. The Hall–Kier alpha value is -3.61. The van der Waals surface area contributed by atoms with Crippen molar-refractivity contribution in [1.29, 1.82) is 0 Å². The molecule has 7 heteroatoms. The van der Waals surface area contributed by atoms with E-state index in [4.69, 9.17) is 14.2 Å². The number of hydrogen-bond donors (Lipinski definition) is 0. The molecule has 154 valence electrons. The SMILES string of the molecule is COC(=O)c1c(-c2ccccc2OCC2CC2)nn(-c2ccccc2)c1C(=O)OC. The summed E-state index contributed by atoms with van der Waals surface area (Å²) in [7, 11) is 2.53. The molecule has 0 amide bonds. The first-order valence-electron chi connectivity index (χ1n) is 9.71. The second-order valence-electron chi connectivity index (χ2n) is 7.05. The number of nitrogens with zero attached hydrogens (tertiary/aromatic N) is 2.